The first-order valence-corrected chi connectivity index (χ1v) is 18.6. The van der Waals surface area contributed by atoms with Crippen LogP contribution in [0.15, 0.2) is 24.5 Å². The maximum absolute atomic E-state index is 13.5. The van der Waals surface area contributed by atoms with Crippen LogP contribution in [0.25, 0.3) is 30.5 Å². The van der Waals surface area contributed by atoms with Crippen LogP contribution in [-0.2, 0) is 19.1 Å². The van der Waals surface area contributed by atoms with Crippen molar-refractivity contribution in [1.82, 2.24) is 40.4 Å². The van der Waals surface area contributed by atoms with Crippen molar-refractivity contribution in [3.63, 3.8) is 0 Å². The third-order valence-corrected chi connectivity index (χ3v) is 11.8. The summed E-state index contributed by atoms with van der Waals surface area (Å²) in [5, 5.41) is 5.38. The van der Waals surface area contributed by atoms with Crippen molar-refractivity contribution in [3.05, 3.63) is 36.2 Å². The summed E-state index contributed by atoms with van der Waals surface area (Å²) < 4.78 is 11.8. The second-order valence-corrected chi connectivity index (χ2v) is 15.6. The Balaban J connectivity index is 1.15. The van der Waals surface area contributed by atoms with Crippen LogP contribution in [-0.4, -0.2) is 93.1 Å². The molecule has 0 bridgehead atoms. The highest BCUT2D eigenvalue weighted by Gasteiger charge is 2.39. The number of aromatic amines is 2. The molecule has 14 nitrogen and oxygen atoms in total. The number of carbonyl (C=O) groups is 4. The van der Waals surface area contributed by atoms with Gasteiger partial charge in [0.1, 0.15) is 23.7 Å². The van der Waals surface area contributed by atoms with Crippen LogP contribution in [0.4, 0.5) is 9.59 Å². The molecule has 4 aromatic rings. The van der Waals surface area contributed by atoms with Gasteiger partial charge in [0.2, 0.25) is 11.8 Å². The number of fused-ring (bicyclic) bond motifs is 1. The number of rotatable bonds is 10. The standard InChI is InChI=1S/C34H44N8O6S2/c1-17(2)27(39-33(45)47-5)31(43)41-11-7-9-21(41)29-35-15-19(37-29)23-13-25-26(49-23)14-24(50-25)20-16-36-30(38-20)22-10-8-12-42(22)32(44)28(18(3)4)40-34(46)48-6/h13-18,21-22,27-28H,7-12H2,1-6H3,(H,35,37)(H,36,38)(H,39,45)(H,40,46)/t21-,22-,27-,28-/m1/s1. The number of aromatic nitrogens is 4. The number of thiophene rings is 2. The SMILES string of the molecule is COC(=O)N[C@@H](C(=O)N1CCC[C@@H]1c1ncc(-c2cc3sc(-c4cnc([C@H]5CCCN5C(=O)[C@H](NC(=O)OC)C(C)C)[nH]4)cc3s2)[nH]1)C(C)C. The van der Waals surface area contributed by atoms with Crippen LogP contribution in [0, 0.1) is 11.8 Å². The maximum Gasteiger partial charge on any atom is 0.407 e. The number of methoxy groups -OCH3 is 2. The van der Waals surface area contributed by atoms with Gasteiger partial charge in [-0.1, -0.05) is 27.7 Å². The highest BCUT2D eigenvalue weighted by molar-refractivity contribution is 7.31. The molecule has 4 aromatic heterocycles. The molecule has 0 radical (unpaired) electrons. The Labute approximate surface area is 298 Å². The Bertz CT molecular complexity index is 1700. The molecule has 0 aromatic carbocycles. The lowest BCUT2D eigenvalue weighted by Crippen LogP contribution is -2.51. The topological polar surface area (TPSA) is 175 Å². The second-order valence-electron chi connectivity index (χ2n) is 13.4. The molecule has 4 N–H and O–H groups in total. The Kier molecular flexibility index (Phi) is 10.5. The summed E-state index contributed by atoms with van der Waals surface area (Å²) in [6.45, 7) is 8.79. The summed E-state index contributed by atoms with van der Waals surface area (Å²) in [7, 11) is 2.58. The fraction of sp³-hybridized carbons (Fsp3) is 0.529. The molecule has 2 saturated heterocycles. The largest absolute Gasteiger partial charge is 0.453 e. The molecule has 2 aliphatic rings. The number of nitrogens with one attached hydrogen (secondary N) is 4. The van der Waals surface area contributed by atoms with Crippen LogP contribution in [0.5, 0.6) is 0 Å². The predicted octanol–water partition coefficient (Wildman–Crippen LogP) is 5.83. The highest BCUT2D eigenvalue weighted by Crippen LogP contribution is 2.42. The van der Waals surface area contributed by atoms with Crippen molar-refractivity contribution in [1.29, 1.82) is 0 Å². The highest BCUT2D eigenvalue weighted by atomic mass is 32.1. The van der Waals surface area contributed by atoms with Gasteiger partial charge in [0, 0.05) is 22.5 Å². The zero-order valence-corrected chi connectivity index (χ0v) is 30.7. The van der Waals surface area contributed by atoms with Gasteiger partial charge in [-0.3, -0.25) is 9.59 Å². The van der Waals surface area contributed by atoms with Crippen molar-refractivity contribution in [2.75, 3.05) is 27.3 Å². The van der Waals surface area contributed by atoms with Crippen molar-refractivity contribution in [3.8, 4) is 21.1 Å². The molecule has 0 unspecified atom stereocenters. The normalized spacial score (nSPS) is 19.0. The lowest BCUT2D eigenvalue weighted by atomic mass is 10.0. The van der Waals surface area contributed by atoms with E-state index in [2.05, 4.69) is 42.7 Å². The number of hydrogen-bond donors (Lipinski definition) is 4. The molecular formula is C34H44N8O6S2. The smallest absolute Gasteiger partial charge is 0.407 e. The molecule has 2 fully saturated rings. The number of H-pyrrole nitrogens is 2. The van der Waals surface area contributed by atoms with E-state index in [1.54, 1.807) is 22.7 Å². The first-order chi connectivity index (χ1) is 24.0. The lowest BCUT2D eigenvalue weighted by Gasteiger charge is -2.30. The minimum Gasteiger partial charge on any atom is -0.453 e. The van der Waals surface area contributed by atoms with E-state index in [0.717, 1.165) is 67.9 Å². The monoisotopic (exact) mass is 724 g/mol. The van der Waals surface area contributed by atoms with Crippen molar-refractivity contribution < 1.29 is 28.7 Å². The third kappa shape index (κ3) is 7.08. The molecule has 0 aliphatic carbocycles. The fourth-order valence-corrected chi connectivity index (χ4v) is 9.08. The number of hydrogen-bond acceptors (Lipinski definition) is 10. The van der Waals surface area contributed by atoms with Gasteiger partial charge in [-0.25, -0.2) is 19.6 Å². The average molecular weight is 725 g/mol. The molecule has 0 saturated carbocycles. The van der Waals surface area contributed by atoms with E-state index in [9.17, 15) is 19.2 Å². The van der Waals surface area contributed by atoms with Crippen LogP contribution >= 0.6 is 22.7 Å². The number of likely N-dealkylation sites (tertiary alicyclic amines) is 2. The van der Waals surface area contributed by atoms with Gasteiger partial charge in [-0.2, -0.15) is 0 Å². The van der Waals surface area contributed by atoms with Crippen molar-refractivity contribution in [2.45, 2.75) is 77.5 Å². The van der Waals surface area contributed by atoms with Crippen LogP contribution in [0.1, 0.15) is 77.1 Å². The predicted molar refractivity (Wildman–Crippen MR) is 191 cm³/mol. The zero-order valence-electron chi connectivity index (χ0n) is 29.1. The number of alkyl carbamates (subject to hydrolysis) is 2. The van der Waals surface area contributed by atoms with E-state index in [1.807, 2.05) is 49.9 Å². The molecule has 6 heterocycles. The maximum atomic E-state index is 13.5. The molecule has 4 atom stereocenters. The average Bonchev–Trinajstić information content (AvgIpc) is 3.93. The number of imidazole rings is 2. The summed E-state index contributed by atoms with van der Waals surface area (Å²) in [5.41, 5.74) is 1.78. The zero-order chi connectivity index (χ0) is 35.7. The Hall–Kier alpha value is -4.44. The summed E-state index contributed by atoms with van der Waals surface area (Å²) >= 11 is 3.32. The van der Waals surface area contributed by atoms with E-state index < -0.39 is 24.3 Å². The van der Waals surface area contributed by atoms with Crippen LogP contribution in [0.2, 0.25) is 0 Å². The van der Waals surface area contributed by atoms with E-state index in [1.165, 1.54) is 14.2 Å². The molecule has 2 aliphatic heterocycles. The first-order valence-electron chi connectivity index (χ1n) is 16.9. The molecular weight excluding hydrogens is 681 g/mol. The van der Waals surface area contributed by atoms with Gasteiger partial charge < -0.3 is 39.9 Å². The number of ether oxygens (including phenoxy) is 2. The van der Waals surface area contributed by atoms with E-state index in [-0.39, 0.29) is 35.7 Å². The Morgan fingerprint density at radius 3 is 1.50 bits per heavy atom. The van der Waals surface area contributed by atoms with E-state index in [4.69, 9.17) is 9.47 Å². The van der Waals surface area contributed by atoms with Gasteiger partial charge in [-0.05, 0) is 49.7 Å². The van der Waals surface area contributed by atoms with E-state index >= 15 is 0 Å². The summed E-state index contributed by atoms with van der Waals surface area (Å²) in [6, 6.07) is 2.51. The minimum absolute atomic E-state index is 0.103. The summed E-state index contributed by atoms with van der Waals surface area (Å²) in [4.78, 5) is 72.9. The van der Waals surface area contributed by atoms with Crippen LogP contribution in [0.3, 0.4) is 0 Å². The van der Waals surface area contributed by atoms with Crippen molar-refractivity contribution in [2.24, 2.45) is 11.8 Å². The fourth-order valence-electron chi connectivity index (χ4n) is 6.75. The first kappa shape index (κ1) is 35.4. The molecule has 268 valence electrons. The van der Waals surface area contributed by atoms with E-state index in [0.29, 0.717) is 13.1 Å². The van der Waals surface area contributed by atoms with Gasteiger partial charge in [0.15, 0.2) is 0 Å². The van der Waals surface area contributed by atoms with Gasteiger partial charge >= 0.3 is 12.2 Å². The molecule has 4 amide bonds. The molecule has 50 heavy (non-hydrogen) atoms. The van der Waals surface area contributed by atoms with Gasteiger partial charge in [0.25, 0.3) is 0 Å². The van der Waals surface area contributed by atoms with Crippen molar-refractivity contribution >= 4 is 56.1 Å². The lowest BCUT2D eigenvalue weighted by molar-refractivity contribution is -0.136. The third-order valence-electron chi connectivity index (χ3n) is 9.41. The Morgan fingerprint density at radius 1 is 0.740 bits per heavy atom. The number of carbonyl (C=O) groups excluding carboxylic acids is 4. The molecule has 0 spiro atoms. The van der Waals surface area contributed by atoms with Gasteiger partial charge in [-0.15, -0.1) is 22.7 Å². The van der Waals surface area contributed by atoms with Gasteiger partial charge in [0.05, 0.1) is 59.8 Å². The quantitative estimate of drug-likeness (QED) is 0.158. The molecule has 16 heteroatoms. The minimum atomic E-state index is -0.686. The molecule has 6 rings (SSSR count). The van der Waals surface area contributed by atoms with Crippen LogP contribution < -0.4 is 10.6 Å². The number of amides is 4. The summed E-state index contributed by atoms with van der Waals surface area (Å²) in [6.07, 6.45) is 5.66. The second kappa shape index (κ2) is 14.8. The summed E-state index contributed by atoms with van der Waals surface area (Å²) in [5.74, 6) is 0.976. The number of nitrogens with zero attached hydrogens (tertiary/aromatic N) is 4. The Morgan fingerprint density at radius 2 is 1.14 bits per heavy atom.